The summed E-state index contributed by atoms with van der Waals surface area (Å²) in [6, 6.07) is 3.97. The maximum atomic E-state index is 13.0. The largest absolute Gasteiger partial charge is 0.418 e. The third-order valence-corrected chi connectivity index (χ3v) is 3.92. The zero-order valence-electron chi connectivity index (χ0n) is 10.7. The van der Waals surface area contributed by atoms with Crippen molar-refractivity contribution >= 4 is 17.3 Å². The Morgan fingerprint density at radius 1 is 1.26 bits per heavy atom. The molecule has 1 saturated carbocycles. The molecule has 1 nitrogen and oxygen atoms in total. The van der Waals surface area contributed by atoms with Gasteiger partial charge in [0.1, 0.15) is 0 Å². The number of benzene rings is 1. The topological polar surface area (TPSA) is 12.0 Å². The molecule has 2 atom stereocenters. The minimum absolute atomic E-state index is 0.0239. The van der Waals surface area contributed by atoms with Gasteiger partial charge in [-0.1, -0.05) is 37.4 Å². The van der Waals surface area contributed by atoms with Crippen LogP contribution >= 0.6 is 11.6 Å². The highest BCUT2D eigenvalue weighted by Gasteiger charge is 2.35. The van der Waals surface area contributed by atoms with Crippen LogP contribution in [0.15, 0.2) is 18.2 Å². The minimum Gasteiger partial charge on any atom is -0.381 e. The summed E-state index contributed by atoms with van der Waals surface area (Å²) in [5.74, 6) is 0.545. The standard InChI is InChI=1S/C14H17ClF3N/c1-9-4-2-5-10(8-9)19-13-11(14(16,17)18)6-3-7-12(13)15/h3,6-7,9-10,19H,2,4-5,8H2,1H3. The Morgan fingerprint density at radius 3 is 2.63 bits per heavy atom. The third kappa shape index (κ3) is 3.56. The second kappa shape index (κ2) is 5.61. The lowest BCUT2D eigenvalue weighted by Gasteiger charge is -2.29. The van der Waals surface area contributed by atoms with Crippen LogP contribution in [-0.2, 0) is 6.18 Å². The van der Waals surface area contributed by atoms with Gasteiger partial charge in [-0.2, -0.15) is 13.2 Å². The average Bonchev–Trinajstić information content (AvgIpc) is 2.30. The fourth-order valence-electron chi connectivity index (χ4n) is 2.68. The van der Waals surface area contributed by atoms with Gasteiger partial charge in [-0.25, -0.2) is 0 Å². The number of hydrogen-bond acceptors (Lipinski definition) is 1. The number of hydrogen-bond donors (Lipinski definition) is 1. The number of nitrogens with one attached hydrogen (secondary N) is 1. The summed E-state index contributed by atoms with van der Waals surface area (Å²) in [6.45, 7) is 2.13. The summed E-state index contributed by atoms with van der Waals surface area (Å²) in [5.41, 5.74) is -0.658. The second-order valence-electron chi connectivity index (χ2n) is 5.27. The molecule has 1 fully saturated rings. The van der Waals surface area contributed by atoms with E-state index in [0.717, 1.165) is 31.7 Å². The molecule has 1 aliphatic rings. The van der Waals surface area contributed by atoms with Crippen LogP contribution in [-0.4, -0.2) is 6.04 Å². The molecular formula is C14H17ClF3N. The van der Waals surface area contributed by atoms with Crippen molar-refractivity contribution in [2.45, 2.75) is 44.8 Å². The predicted octanol–water partition coefficient (Wildman–Crippen LogP) is 5.35. The molecule has 1 aliphatic carbocycles. The van der Waals surface area contributed by atoms with Crippen molar-refractivity contribution in [3.8, 4) is 0 Å². The van der Waals surface area contributed by atoms with Crippen LogP contribution in [0, 0.1) is 5.92 Å². The van der Waals surface area contributed by atoms with Crippen molar-refractivity contribution < 1.29 is 13.2 Å². The van der Waals surface area contributed by atoms with E-state index in [1.807, 2.05) is 0 Å². The molecule has 1 N–H and O–H groups in total. The zero-order chi connectivity index (χ0) is 14.0. The van der Waals surface area contributed by atoms with Gasteiger partial charge in [0.15, 0.2) is 0 Å². The molecule has 0 heterocycles. The predicted molar refractivity (Wildman–Crippen MR) is 71.5 cm³/mol. The van der Waals surface area contributed by atoms with E-state index < -0.39 is 11.7 Å². The number of para-hydroxylation sites is 1. The second-order valence-corrected chi connectivity index (χ2v) is 5.68. The number of alkyl halides is 3. The fourth-order valence-corrected chi connectivity index (χ4v) is 2.91. The molecule has 19 heavy (non-hydrogen) atoms. The smallest absolute Gasteiger partial charge is 0.381 e. The van der Waals surface area contributed by atoms with Crippen molar-refractivity contribution in [1.29, 1.82) is 0 Å². The first-order chi connectivity index (χ1) is 8.88. The van der Waals surface area contributed by atoms with Crippen LogP contribution < -0.4 is 5.32 Å². The van der Waals surface area contributed by atoms with Gasteiger partial charge >= 0.3 is 6.18 Å². The molecule has 2 unspecified atom stereocenters. The van der Waals surface area contributed by atoms with Gasteiger partial charge in [0.05, 0.1) is 16.3 Å². The number of rotatable bonds is 2. The van der Waals surface area contributed by atoms with Crippen molar-refractivity contribution in [1.82, 2.24) is 0 Å². The van der Waals surface area contributed by atoms with Gasteiger partial charge in [0.25, 0.3) is 0 Å². The lowest BCUT2D eigenvalue weighted by atomic mass is 9.87. The van der Waals surface area contributed by atoms with Crippen molar-refractivity contribution in [3.63, 3.8) is 0 Å². The highest BCUT2D eigenvalue weighted by atomic mass is 35.5. The molecule has 0 radical (unpaired) electrons. The molecular weight excluding hydrogens is 275 g/mol. The number of anilines is 1. The Kier molecular flexibility index (Phi) is 4.29. The minimum atomic E-state index is -4.38. The van der Waals surface area contributed by atoms with Crippen LogP contribution in [0.1, 0.15) is 38.2 Å². The molecule has 2 rings (SSSR count). The monoisotopic (exact) mass is 291 g/mol. The average molecular weight is 292 g/mol. The molecule has 0 aromatic heterocycles. The molecule has 1 aromatic rings. The van der Waals surface area contributed by atoms with E-state index >= 15 is 0 Å². The fraction of sp³-hybridized carbons (Fsp3) is 0.571. The van der Waals surface area contributed by atoms with E-state index in [4.69, 9.17) is 11.6 Å². The Bertz CT molecular complexity index is 445. The maximum absolute atomic E-state index is 13.0. The van der Waals surface area contributed by atoms with Crippen molar-refractivity contribution in [2.24, 2.45) is 5.92 Å². The molecule has 0 amide bonds. The van der Waals surface area contributed by atoms with Crippen LogP contribution in [0.3, 0.4) is 0 Å². The highest BCUT2D eigenvalue weighted by molar-refractivity contribution is 6.33. The molecule has 1 aromatic carbocycles. The lowest BCUT2D eigenvalue weighted by Crippen LogP contribution is -2.27. The normalized spacial score (nSPS) is 24.3. The zero-order valence-corrected chi connectivity index (χ0v) is 11.5. The van der Waals surface area contributed by atoms with Gasteiger partial charge in [-0.15, -0.1) is 0 Å². The lowest BCUT2D eigenvalue weighted by molar-refractivity contribution is -0.137. The van der Waals surface area contributed by atoms with Gasteiger partial charge in [-0.05, 0) is 30.9 Å². The Morgan fingerprint density at radius 2 is 2.00 bits per heavy atom. The summed E-state index contributed by atoms with van der Waals surface area (Å²) in [7, 11) is 0. The van der Waals surface area contributed by atoms with E-state index in [1.165, 1.54) is 12.1 Å². The Hall–Kier alpha value is -0.900. The number of halogens is 4. The first-order valence-electron chi connectivity index (χ1n) is 6.50. The first kappa shape index (κ1) is 14.5. The van der Waals surface area contributed by atoms with Crippen molar-refractivity contribution in [3.05, 3.63) is 28.8 Å². The third-order valence-electron chi connectivity index (χ3n) is 3.60. The molecule has 0 spiro atoms. The highest BCUT2D eigenvalue weighted by Crippen LogP contribution is 2.39. The van der Waals surface area contributed by atoms with Gasteiger partial charge in [0.2, 0.25) is 0 Å². The maximum Gasteiger partial charge on any atom is 0.418 e. The summed E-state index contributed by atoms with van der Waals surface area (Å²) < 4.78 is 38.9. The molecule has 0 aliphatic heterocycles. The first-order valence-corrected chi connectivity index (χ1v) is 6.88. The van der Waals surface area contributed by atoms with E-state index in [1.54, 1.807) is 0 Å². The van der Waals surface area contributed by atoms with Gasteiger partial charge < -0.3 is 5.32 Å². The van der Waals surface area contributed by atoms with E-state index in [-0.39, 0.29) is 16.8 Å². The Labute approximate surface area is 116 Å². The van der Waals surface area contributed by atoms with Gasteiger partial charge in [-0.3, -0.25) is 0 Å². The summed E-state index contributed by atoms with van der Waals surface area (Å²) >= 11 is 5.93. The van der Waals surface area contributed by atoms with E-state index in [0.29, 0.717) is 5.92 Å². The van der Waals surface area contributed by atoms with Crippen LogP contribution in [0.25, 0.3) is 0 Å². The van der Waals surface area contributed by atoms with Crippen LogP contribution in [0.4, 0.5) is 18.9 Å². The molecule has 5 heteroatoms. The van der Waals surface area contributed by atoms with E-state index in [9.17, 15) is 13.2 Å². The van der Waals surface area contributed by atoms with Crippen molar-refractivity contribution in [2.75, 3.05) is 5.32 Å². The Balaban J connectivity index is 2.24. The SMILES string of the molecule is CC1CCCC(Nc2c(Cl)cccc2C(F)(F)F)C1. The summed E-state index contributed by atoms with van der Waals surface area (Å²) in [5, 5.41) is 3.14. The van der Waals surface area contributed by atoms with Crippen LogP contribution in [0.2, 0.25) is 5.02 Å². The van der Waals surface area contributed by atoms with Crippen LogP contribution in [0.5, 0.6) is 0 Å². The summed E-state index contributed by atoms with van der Waals surface area (Å²) in [6.07, 6.45) is -0.402. The quantitative estimate of drug-likeness (QED) is 0.774. The molecule has 0 saturated heterocycles. The van der Waals surface area contributed by atoms with Gasteiger partial charge in [0, 0.05) is 6.04 Å². The molecule has 0 bridgehead atoms. The summed E-state index contributed by atoms with van der Waals surface area (Å²) in [4.78, 5) is 0. The van der Waals surface area contributed by atoms with E-state index in [2.05, 4.69) is 12.2 Å². The molecule has 106 valence electrons.